The summed E-state index contributed by atoms with van der Waals surface area (Å²) in [5.41, 5.74) is 1.80. The predicted molar refractivity (Wildman–Crippen MR) is 101 cm³/mol. The minimum atomic E-state index is 0.0770. The molecule has 3 heterocycles. The van der Waals surface area contributed by atoms with E-state index < -0.39 is 0 Å². The van der Waals surface area contributed by atoms with Crippen LogP contribution in [0.4, 0.5) is 0 Å². The summed E-state index contributed by atoms with van der Waals surface area (Å²) in [7, 11) is 0. The molecule has 0 saturated carbocycles. The van der Waals surface area contributed by atoms with E-state index in [0.717, 1.165) is 51.0 Å². The van der Waals surface area contributed by atoms with Crippen LogP contribution < -0.4 is 0 Å². The van der Waals surface area contributed by atoms with Gasteiger partial charge < -0.3 is 14.2 Å². The maximum Gasteiger partial charge on any atom is 0.253 e. The van der Waals surface area contributed by atoms with Gasteiger partial charge in [-0.1, -0.05) is 12.1 Å². The summed E-state index contributed by atoms with van der Waals surface area (Å²) in [5.74, 6) is 1.04. The molecule has 0 bridgehead atoms. The molecule has 2 aliphatic rings. The molecule has 0 aliphatic carbocycles. The minimum Gasteiger partial charge on any atom is -0.444 e. The summed E-state index contributed by atoms with van der Waals surface area (Å²) in [4.78, 5) is 32.7. The zero-order valence-corrected chi connectivity index (χ0v) is 15.7. The second-order valence-corrected chi connectivity index (χ2v) is 7.64. The molecule has 6 heteroatoms. The molecule has 4 rings (SSSR count). The van der Waals surface area contributed by atoms with Crippen LogP contribution in [-0.4, -0.2) is 52.8 Å². The van der Waals surface area contributed by atoms with E-state index in [2.05, 4.69) is 4.98 Å². The predicted octanol–water partition coefficient (Wildman–Crippen LogP) is 3.21. The van der Waals surface area contributed by atoms with Gasteiger partial charge in [-0.2, -0.15) is 0 Å². The molecule has 2 saturated heterocycles. The molecule has 0 atom stereocenters. The van der Waals surface area contributed by atoms with Crippen LogP contribution in [0.1, 0.15) is 43.0 Å². The van der Waals surface area contributed by atoms with Gasteiger partial charge in [0.1, 0.15) is 0 Å². The van der Waals surface area contributed by atoms with Crippen LogP contribution in [0.3, 0.4) is 0 Å². The van der Waals surface area contributed by atoms with E-state index in [1.807, 2.05) is 41.0 Å². The Balaban J connectivity index is 1.39. The van der Waals surface area contributed by atoms with E-state index in [4.69, 9.17) is 4.42 Å². The Morgan fingerprint density at radius 3 is 2.56 bits per heavy atom. The quantitative estimate of drug-likeness (QED) is 0.835. The summed E-state index contributed by atoms with van der Waals surface area (Å²) in [6, 6.07) is 7.49. The number of benzene rings is 1. The highest BCUT2D eigenvalue weighted by Crippen LogP contribution is 2.40. The summed E-state index contributed by atoms with van der Waals surface area (Å²) in [6.07, 6.45) is 6.60. The monoisotopic (exact) mass is 367 g/mol. The average Bonchev–Trinajstić information content (AvgIpc) is 3.25. The summed E-state index contributed by atoms with van der Waals surface area (Å²) in [5, 5.41) is 0. The first-order valence-electron chi connectivity index (χ1n) is 9.66. The number of carbonyl (C=O) groups excluding carboxylic acids is 2. The number of aromatic nitrogens is 1. The Bertz CT molecular complexity index is 806. The Hall–Kier alpha value is -2.63. The van der Waals surface area contributed by atoms with E-state index in [0.29, 0.717) is 17.7 Å². The smallest absolute Gasteiger partial charge is 0.253 e. The second-order valence-electron chi connectivity index (χ2n) is 7.64. The fourth-order valence-corrected chi connectivity index (χ4v) is 4.30. The van der Waals surface area contributed by atoms with Gasteiger partial charge in [0.05, 0.1) is 6.20 Å². The van der Waals surface area contributed by atoms with E-state index >= 15 is 0 Å². The molecule has 0 unspecified atom stereocenters. The number of nitrogens with zero attached hydrogens (tertiary/aromatic N) is 3. The molecular formula is C21H25N3O3. The zero-order chi connectivity index (χ0) is 18.9. The first kappa shape index (κ1) is 17.8. The van der Waals surface area contributed by atoms with Gasteiger partial charge in [-0.15, -0.1) is 0 Å². The van der Waals surface area contributed by atoms with Crippen LogP contribution in [0.15, 0.2) is 41.3 Å². The lowest BCUT2D eigenvalue weighted by molar-refractivity contribution is -0.138. The number of piperidine rings is 2. The van der Waals surface area contributed by atoms with Crippen molar-refractivity contribution in [1.29, 1.82) is 0 Å². The van der Waals surface area contributed by atoms with Crippen LogP contribution in [0.25, 0.3) is 11.3 Å². The molecular weight excluding hydrogens is 342 g/mol. The molecule has 2 aromatic rings. The van der Waals surface area contributed by atoms with Crippen molar-refractivity contribution in [2.24, 2.45) is 5.41 Å². The Labute approximate surface area is 159 Å². The summed E-state index contributed by atoms with van der Waals surface area (Å²) in [6.45, 7) is 5.18. The average molecular weight is 367 g/mol. The maximum absolute atomic E-state index is 12.9. The molecule has 0 N–H and O–H groups in total. The van der Waals surface area contributed by atoms with E-state index in [1.54, 1.807) is 6.20 Å². The van der Waals surface area contributed by atoms with Gasteiger partial charge in [0.25, 0.3) is 5.91 Å². The number of likely N-dealkylation sites (tertiary alicyclic amines) is 2. The Morgan fingerprint density at radius 1 is 1.19 bits per heavy atom. The number of amides is 2. The van der Waals surface area contributed by atoms with Crippen LogP contribution in [0, 0.1) is 5.41 Å². The minimum absolute atomic E-state index is 0.0770. The van der Waals surface area contributed by atoms with Crippen molar-refractivity contribution in [3.8, 4) is 11.3 Å². The highest BCUT2D eigenvalue weighted by Gasteiger charge is 2.41. The van der Waals surface area contributed by atoms with Crippen molar-refractivity contribution < 1.29 is 14.0 Å². The van der Waals surface area contributed by atoms with E-state index in [1.165, 1.54) is 6.39 Å². The lowest BCUT2D eigenvalue weighted by Gasteiger charge is -2.47. The van der Waals surface area contributed by atoms with Crippen molar-refractivity contribution in [3.05, 3.63) is 42.4 Å². The molecule has 1 aromatic carbocycles. The zero-order valence-electron chi connectivity index (χ0n) is 15.7. The molecule has 1 spiro atoms. The third-order valence-corrected chi connectivity index (χ3v) is 6.09. The van der Waals surface area contributed by atoms with E-state index in [9.17, 15) is 9.59 Å². The summed E-state index contributed by atoms with van der Waals surface area (Å²) < 4.78 is 5.29. The lowest BCUT2D eigenvalue weighted by atomic mass is 9.72. The normalized spacial score (nSPS) is 19.5. The van der Waals surface area contributed by atoms with Gasteiger partial charge in [0, 0.05) is 43.7 Å². The molecule has 1 aromatic heterocycles. The molecule has 2 aliphatic heterocycles. The molecule has 142 valence electrons. The van der Waals surface area contributed by atoms with Gasteiger partial charge >= 0.3 is 0 Å². The number of rotatable bonds is 3. The SMILES string of the molecule is CCN1CC2(CCC1=O)CCN(C(=O)c1ccc(-c3cnco3)cc1)CC2. The second kappa shape index (κ2) is 7.18. The first-order chi connectivity index (χ1) is 13.1. The van der Waals surface area contributed by atoms with Crippen molar-refractivity contribution >= 4 is 11.8 Å². The van der Waals surface area contributed by atoms with Gasteiger partial charge in [-0.05, 0) is 43.7 Å². The van der Waals surface area contributed by atoms with E-state index in [-0.39, 0.29) is 17.2 Å². The van der Waals surface area contributed by atoms with Gasteiger partial charge in [-0.25, -0.2) is 4.98 Å². The fourth-order valence-electron chi connectivity index (χ4n) is 4.30. The molecule has 0 radical (unpaired) electrons. The molecule has 27 heavy (non-hydrogen) atoms. The third-order valence-electron chi connectivity index (χ3n) is 6.09. The molecule has 2 amide bonds. The van der Waals surface area contributed by atoms with Gasteiger partial charge in [0.15, 0.2) is 12.2 Å². The largest absolute Gasteiger partial charge is 0.444 e. The third kappa shape index (κ3) is 3.48. The topological polar surface area (TPSA) is 66.7 Å². The molecule has 2 fully saturated rings. The number of carbonyl (C=O) groups is 2. The van der Waals surface area contributed by atoms with Crippen molar-refractivity contribution in [3.63, 3.8) is 0 Å². The lowest BCUT2D eigenvalue weighted by Crippen LogP contribution is -2.52. The first-order valence-corrected chi connectivity index (χ1v) is 9.66. The number of hydrogen-bond donors (Lipinski definition) is 0. The van der Waals surface area contributed by atoms with Crippen LogP contribution >= 0.6 is 0 Å². The number of hydrogen-bond acceptors (Lipinski definition) is 4. The molecule has 6 nitrogen and oxygen atoms in total. The highest BCUT2D eigenvalue weighted by molar-refractivity contribution is 5.94. The Kier molecular flexibility index (Phi) is 4.72. The Morgan fingerprint density at radius 2 is 1.93 bits per heavy atom. The standard InChI is InChI=1S/C21H25N3O3/c1-2-23-14-21(8-7-19(23)25)9-11-24(12-10-21)20(26)17-5-3-16(4-6-17)18-13-22-15-27-18/h3-6,13,15H,2,7-12,14H2,1H3. The van der Waals surface area contributed by atoms with Crippen LogP contribution in [0.2, 0.25) is 0 Å². The van der Waals surface area contributed by atoms with Crippen LogP contribution in [-0.2, 0) is 4.79 Å². The van der Waals surface area contributed by atoms with Crippen LogP contribution in [0.5, 0.6) is 0 Å². The van der Waals surface area contributed by atoms with Crippen molar-refractivity contribution in [2.75, 3.05) is 26.2 Å². The number of oxazole rings is 1. The van der Waals surface area contributed by atoms with Gasteiger partial charge in [0.2, 0.25) is 5.91 Å². The fraction of sp³-hybridized carbons (Fsp3) is 0.476. The van der Waals surface area contributed by atoms with Crippen molar-refractivity contribution in [1.82, 2.24) is 14.8 Å². The summed E-state index contributed by atoms with van der Waals surface area (Å²) >= 11 is 0. The van der Waals surface area contributed by atoms with Gasteiger partial charge in [-0.3, -0.25) is 9.59 Å². The van der Waals surface area contributed by atoms with Crippen molar-refractivity contribution in [2.45, 2.75) is 32.6 Å². The highest BCUT2D eigenvalue weighted by atomic mass is 16.3. The maximum atomic E-state index is 12.9.